The summed E-state index contributed by atoms with van der Waals surface area (Å²) in [4.78, 5) is 36.1. The Morgan fingerprint density at radius 2 is 1.78 bits per heavy atom. The summed E-state index contributed by atoms with van der Waals surface area (Å²) < 4.78 is 0. The van der Waals surface area contributed by atoms with E-state index in [1.807, 2.05) is 72.4 Å². The highest BCUT2D eigenvalue weighted by Crippen LogP contribution is 2.28. The van der Waals surface area contributed by atoms with Gasteiger partial charge in [-0.15, -0.1) is 11.8 Å². The fraction of sp³-hybridized carbons (Fsp3) is 0.480. The Morgan fingerprint density at radius 1 is 1.09 bits per heavy atom. The standard InChI is InChI=1S/C25H34N4O2S/c1-27(2)18-23(30)28(3)22(17-19-9-6-5-7-10-19)20-12-15-29(16-13-20)25(31)21-11-8-14-26-24(21)32-4/h5-11,14,20,22H,12-13,15-18H2,1-4H3/t22-/m1/s1. The fourth-order valence-corrected chi connectivity index (χ4v) is 4.96. The average Bonchev–Trinajstić information content (AvgIpc) is 2.82. The molecule has 1 saturated heterocycles. The smallest absolute Gasteiger partial charge is 0.256 e. The maximum Gasteiger partial charge on any atom is 0.256 e. The molecule has 0 unspecified atom stereocenters. The van der Waals surface area contributed by atoms with Gasteiger partial charge in [0.25, 0.3) is 5.91 Å². The Labute approximate surface area is 196 Å². The van der Waals surface area contributed by atoms with Crippen LogP contribution in [0.5, 0.6) is 0 Å². The lowest BCUT2D eigenvalue weighted by Crippen LogP contribution is -2.50. The van der Waals surface area contributed by atoms with Gasteiger partial charge in [-0.2, -0.15) is 0 Å². The zero-order valence-electron chi connectivity index (χ0n) is 19.5. The van der Waals surface area contributed by atoms with Gasteiger partial charge in [0, 0.05) is 32.4 Å². The first-order valence-electron chi connectivity index (χ1n) is 11.1. The highest BCUT2D eigenvalue weighted by Gasteiger charge is 2.33. The number of nitrogens with zero attached hydrogens (tertiary/aromatic N) is 4. The normalized spacial score (nSPS) is 15.6. The zero-order chi connectivity index (χ0) is 23.1. The number of piperidine rings is 1. The largest absolute Gasteiger partial charge is 0.341 e. The Kier molecular flexibility index (Phi) is 8.70. The minimum absolute atomic E-state index is 0.0533. The van der Waals surface area contributed by atoms with Gasteiger partial charge in [-0.3, -0.25) is 9.59 Å². The molecule has 1 aliphatic rings. The molecule has 0 saturated carbocycles. The highest BCUT2D eigenvalue weighted by atomic mass is 32.2. The van der Waals surface area contributed by atoms with Crippen LogP contribution in [0.3, 0.4) is 0 Å². The van der Waals surface area contributed by atoms with Crippen LogP contribution >= 0.6 is 11.8 Å². The molecule has 0 bridgehead atoms. The molecule has 7 heteroatoms. The first-order valence-corrected chi connectivity index (χ1v) is 12.4. The summed E-state index contributed by atoms with van der Waals surface area (Å²) >= 11 is 1.50. The van der Waals surface area contributed by atoms with Gasteiger partial charge in [0.1, 0.15) is 5.03 Å². The lowest BCUT2D eigenvalue weighted by atomic mass is 9.84. The second-order valence-corrected chi connectivity index (χ2v) is 9.48. The average molecular weight is 455 g/mol. The van der Waals surface area contributed by atoms with Crippen molar-refractivity contribution >= 4 is 23.6 Å². The van der Waals surface area contributed by atoms with Gasteiger partial charge < -0.3 is 14.7 Å². The van der Waals surface area contributed by atoms with Gasteiger partial charge in [0.2, 0.25) is 5.91 Å². The number of carbonyl (C=O) groups excluding carboxylic acids is 2. The first kappa shape index (κ1) is 24.3. The summed E-state index contributed by atoms with van der Waals surface area (Å²) in [5.41, 5.74) is 1.91. The molecule has 0 N–H and O–H groups in total. The number of carbonyl (C=O) groups is 2. The molecule has 2 aromatic rings. The van der Waals surface area contributed by atoms with Crippen molar-refractivity contribution in [1.82, 2.24) is 19.7 Å². The summed E-state index contributed by atoms with van der Waals surface area (Å²) in [7, 11) is 5.77. The molecule has 32 heavy (non-hydrogen) atoms. The maximum absolute atomic E-state index is 13.1. The Balaban J connectivity index is 1.71. The van der Waals surface area contributed by atoms with Crippen LogP contribution in [-0.2, 0) is 11.2 Å². The van der Waals surface area contributed by atoms with Gasteiger partial charge in [-0.25, -0.2) is 4.98 Å². The van der Waals surface area contributed by atoms with Crippen molar-refractivity contribution < 1.29 is 9.59 Å². The molecule has 172 valence electrons. The third-order valence-corrected chi connectivity index (χ3v) is 6.91. The third-order valence-electron chi connectivity index (χ3n) is 6.20. The Hall–Kier alpha value is -2.38. The SMILES string of the molecule is CSc1ncccc1C(=O)N1CCC([C@@H](Cc2ccccc2)N(C)C(=O)CN(C)C)CC1. The monoisotopic (exact) mass is 454 g/mol. The van der Waals surface area contributed by atoms with Crippen molar-refractivity contribution in [1.29, 1.82) is 0 Å². The van der Waals surface area contributed by atoms with Gasteiger partial charge in [0.15, 0.2) is 0 Å². The molecule has 1 fully saturated rings. The van der Waals surface area contributed by atoms with E-state index >= 15 is 0 Å². The number of benzene rings is 1. The van der Waals surface area contributed by atoms with Gasteiger partial charge >= 0.3 is 0 Å². The van der Waals surface area contributed by atoms with E-state index in [9.17, 15) is 9.59 Å². The number of likely N-dealkylation sites (N-methyl/N-ethyl adjacent to an activating group) is 2. The minimum Gasteiger partial charge on any atom is -0.341 e. The van der Waals surface area contributed by atoms with Gasteiger partial charge in [0.05, 0.1) is 12.1 Å². The molecule has 2 amide bonds. The fourth-order valence-electron chi connectivity index (χ4n) is 4.42. The van der Waals surface area contributed by atoms with E-state index < -0.39 is 0 Å². The number of aromatic nitrogens is 1. The Morgan fingerprint density at radius 3 is 2.41 bits per heavy atom. The number of rotatable bonds is 8. The summed E-state index contributed by atoms with van der Waals surface area (Å²) in [6.07, 6.45) is 6.27. The van der Waals surface area contributed by atoms with E-state index in [2.05, 4.69) is 17.1 Å². The number of pyridine rings is 1. The van der Waals surface area contributed by atoms with Gasteiger partial charge in [-0.05, 0) is 63.2 Å². The zero-order valence-corrected chi connectivity index (χ0v) is 20.3. The summed E-state index contributed by atoms with van der Waals surface area (Å²) in [6.45, 7) is 1.80. The molecule has 2 heterocycles. The highest BCUT2D eigenvalue weighted by molar-refractivity contribution is 7.98. The number of hydrogen-bond donors (Lipinski definition) is 0. The van der Waals surface area contributed by atoms with E-state index in [1.54, 1.807) is 6.20 Å². The van der Waals surface area contributed by atoms with E-state index in [0.717, 1.165) is 24.3 Å². The second-order valence-electron chi connectivity index (χ2n) is 8.69. The number of thioether (sulfide) groups is 1. The van der Waals surface area contributed by atoms with Crippen molar-refractivity contribution in [2.24, 2.45) is 5.92 Å². The second kappa shape index (κ2) is 11.5. The Bertz CT molecular complexity index is 898. The van der Waals surface area contributed by atoms with E-state index in [-0.39, 0.29) is 17.9 Å². The summed E-state index contributed by atoms with van der Waals surface area (Å²) in [5, 5.41) is 0.774. The van der Waals surface area contributed by atoms with E-state index in [1.165, 1.54) is 17.3 Å². The lowest BCUT2D eigenvalue weighted by Gasteiger charge is -2.40. The van der Waals surface area contributed by atoms with Crippen molar-refractivity contribution in [2.75, 3.05) is 47.0 Å². The van der Waals surface area contributed by atoms with Crippen LogP contribution < -0.4 is 0 Å². The lowest BCUT2D eigenvalue weighted by molar-refractivity contribution is -0.134. The van der Waals surface area contributed by atoms with Crippen LogP contribution in [0.2, 0.25) is 0 Å². The predicted molar refractivity (Wildman–Crippen MR) is 130 cm³/mol. The summed E-state index contributed by atoms with van der Waals surface area (Å²) in [5.74, 6) is 0.538. The van der Waals surface area contributed by atoms with Crippen molar-refractivity contribution in [3.05, 3.63) is 59.8 Å². The van der Waals surface area contributed by atoms with Crippen LogP contribution in [0, 0.1) is 5.92 Å². The van der Waals surface area contributed by atoms with Gasteiger partial charge in [-0.1, -0.05) is 30.3 Å². The number of amides is 2. The van der Waals surface area contributed by atoms with E-state index in [0.29, 0.717) is 31.1 Å². The molecule has 0 radical (unpaired) electrons. The molecule has 1 aromatic heterocycles. The predicted octanol–water partition coefficient (Wildman–Crippen LogP) is 3.29. The third kappa shape index (κ3) is 6.11. The van der Waals surface area contributed by atoms with Crippen molar-refractivity contribution in [3.8, 4) is 0 Å². The molecule has 3 rings (SSSR count). The number of likely N-dealkylation sites (tertiary alicyclic amines) is 1. The minimum atomic E-state index is 0.0533. The van der Waals surface area contributed by atoms with E-state index in [4.69, 9.17) is 0 Å². The van der Waals surface area contributed by atoms with Crippen molar-refractivity contribution in [3.63, 3.8) is 0 Å². The van der Waals surface area contributed by atoms with Crippen LogP contribution in [0.15, 0.2) is 53.7 Å². The first-order chi connectivity index (χ1) is 15.4. The molecule has 0 aliphatic carbocycles. The molecule has 6 nitrogen and oxygen atoms in total. The van der Waals surface area contributed by atoms with Crippen LogP contribution in [0.25, 0.3) is 0 Å². The number of hydrogen-bond acceptors (Lipinski definition) is 5. The topological polar surface area (TPSA) is 56.8 Å². The molecule has 0 spiro atoms. The quantitative estimate of drug-likeness (QED) is 0.573. The molecule has 1 atom stereocenters. The van der Waals surface area contributed by atoms with Crippen molar-refractivity contribution in [2.45, 2.75) is 30.3 Å². The maximum atomic E-state index is 13.1. The molecular formula is C25H34N4O2S. The van der Waals surface area contributed by atoms with Crippen LogP contribution in [-0.4, -0.2) is 84.6 Å². The van der Waals surface area contributed by atoms with Crippen LogP contribution in [0.1, 0.15) is 28.8 Å². The molecular weight excluding hydrogens is 420 g/mol. The molecule has 1 aliphatic heterocycles. The van der Waals surface area contributed by atoms with Crippen LogP contribution in [0.4, 0.5) is 0 Å². The summed E-state index contributed by atoms with van der Waals surface area (Å²) in [6, 6.07) is 14.2. The molecule has 1 aromatic carbocycles.